The van der Waals surface area contributed by atoms with Crippen LogP contribution in [0.1, 0.15) is 19.8 Å². The normalized spacial score (nSPS) is 25.6. The third kappa shape index (κ3) is 1.95. The third-order valence-electron chi connectivity index (χ3n) is 2.75. The number of anilines is 2. The van der Waals surface area contributed by atoms with Crippen LogP contribution in [0.3, 0.4) is 0 Å². The number of benzene rings is 1. The number of rotatable bonds is 2. The van der Waals surface area contributed by atoms with Gasteiger partial charge in [-0.25, -0.2) is 0 Å². The summed E-state index contributed by atoms with van der Waals surface area (Å²) >= 11 is 5.82. The molecule has 2 rings (SSSR count). The summed E-state index contributed by atoms with van der Waals surface area (Å²) in [6.07, 6.45) is 2.48. The highest BCUT2D eigenvalue weighted by Gasteiger charge is 2.25. The molecule has 3 N–H and O–H groups in total. The monoisotopic (exact) mass is 210 g/mol. The lowest BCUT2D eigenvalue weighted by atomic mass is 9.82. The maximum atomic E-state index is 5.84. The first-order valence-corrected chi connectivity index (χ1v) is 5.34. The van der Waals surface area contributed by atoms with Gasteiger partial charge in [0.25, 0.3) is 0 Å². The lowest BCUT2D eigenvalue weighted by molar-refractivity contribution is 0.309. The SMILES string of the molecule is CC1CC(Nc2ccc(Cl)cc2N)C1. The van der Waals surface area contributed by atoms with Crippen molar-refractivity contribution in [2.45, 2.75) is 25.8 Å². The highest BCUT2D eigenvalue weighted by atomic mass is 35.5. The number of hydrogen-bond donors (Lipinski definition) is 2. The van der Waals surface area contributed by atoms with Crippen LogP contribution in [-0.2, 0) is 0 Å². The fourth-order valence-electron chi connectivity index (χ4n) is 1.91. The van der Waals surface area contributed by atoms with Crippen molar-refractivity contribution < 1.29 is 0 Å². The van der Waals surface area contributed by atoms with Crippen molar-refractivity contribution in [2.75, 3.05) is 11.1 Å². The summed E-state index contributed by atoms with van der Waals surface area (Å²) in [5.74, 6) is 0.848. The van der Waals surface area contributed by atoms with E-state index in [1.807, 2.05) is 12.1 Å². The van der Waals surface area contributed by atoms with Crippen molar-refractivity contribution >= 4 is 23.0 Å². The largest absolute Gasteiger partial charge is 0.397 e. The Balaban J connectivity index is 2.02. The number of nitrogens with two attached hydrogens (primary N) is 1. The fraction of sp³-hybridized carbons (Fsp3) is 0.455. The van der Waals surface area contributed by atoms with Crippen LogP contribution in [0.15, 0.2) is 18.2 Å². The molecule has 1 saturated carbocycles. The van der Waals surface area contributed by atoms with E-state index < -0.39 is 0 Å². The molecule has 0 saturated heterocycles. The predicted molar refractivity (Wildman–Crippen MR) is 61.7 cm³/mol. The third-order valence-corrected chi connectivity index (χ3v) is 2.98. The van der Waals surface area contributed by atoms with E-state index in [1.54, 1.807) is 6.07 Å². The van der Waals surface area contributed by atoms with E-state index in [9.17, 15) is 0 Å². The lowest BCUT2D eigenvalue weighted by Crippen LogP contribution is -2.33. The maximum absolute atomic E-state index is 5.84. The van der Waals surface area contributed by atoms with Gasteiger partial charge in [0.15, 0.2) is 0 Å². The van der Waals surface area contributed by atoms with E-state index in [0.29, 0.717) is 11.1 Å². The van der Waals surface area contributed by atoms with Crippen LogP contribution in [0, 0.1) is 5.92 Å². The van der Waals surface area contributed by atoms with Gasteiger partial charge in [-0.05, 0) is 37.0 Å². The summed E-state index contributed by atoms with van der Waals surface area (Å²) in [7, 11) is 0. The minimum atomic E-state index is 0.591. The average Bonchev–Trinajstić information content (AvgIpc) is 2.06. The molecule has 0 atom stereocenters. The van der Waals surface area contributed by atoms with Crippen molar-refractivity contribution in [1.29, 1.82) is 0 Å². The van der Waals surface area contributed by atoms with E-state index in [4.69, 9.17) is 17.3 Å². The molecule has 0 bridgehead atoms. The van der Waals surface area contributed by atoms with E-state index in [1.165, 1.54) is 12.8 Å². The lowest BCUT2D eigenvalue weighted by Gasteiger charge is -2.34. The van der Waals surface area contributed by atoms with Gasteiger partial charge in [-0.15, -0.1) is 0 Å². The highest BCUT2D eigenvalue weighted by molar-refractivity contribution is 6.31. The first-order chi connectivity index (χ1) is 6.65. The molecule has 0 spiro atoms. The quantitative estimate of drug-likeness (QED) is 0.737. The van der Waals surface area contributed by atoms with Crippen molar-refractivity contribution in [3.63, 3.8) is 0 Å². The molecule has 0 unspecified atom stereocenters. The second kappa shape index (κ2) is 3.70. The molecule has 0 amide bonds. The number of hydrogen-bond acceptors (Lipinski definition) is 2. The van der Waals surface area contributed by atoms with E-state index in [0.717, 1.165) is 17.3 Å². The Hall–Kier alpha value is -0.890. The molecule has 14 heavy (non-hydrogen) atoms. The Bertz CT molecular complexity index is 332. The number of halogens is 1. The van der Waals surface area contributed by atoms with Crippen LogP contribution in [0.5, 0.6) is 0 Å². The Kier molecular flexibility index (Phi) is 2.55. The number of nitrogens with one attached hydrogen (secondary N) is 1. The molecule has 76 valence electrons. The Morgan fingerprint density at radius 2 is 2.14 bits per heavy atom. The molecule has 3 heteroatoms. The minimum absolute atomic E-state index is 0.591. The van der Waals surface area contributed by atoms with E-state index in [-0.39, 0.29) is 0 Å². The maximum Gasteiger partial charge on any atom is 0.0577 e. The second-order valence-electron chi connectivity index (χ2n) is 4.15. The van der Waals surface area contributed by atoms with Gasteiger partial charge in [-0.1, -0.05) is 18.5 Å². The summed E-state index contributed by atoms with van der Waals surface area (Å²) < 4.78 is 0. The van der Waals surface area contributed by atoms with Crippen LogP contribution in [0.4, 0.5) is 11.4 Å². The van der Waals surface area contributed by atoms with Crippen LogP contribution in [0.2, 0.25) is 5.02 Å². The zero-order valence-electron chi connectivity index (χ0n) is 8.26. The zero-order chi connectivity index (χ0) is 10.1. The summed E-state index contributed by atoms with van der Waals surface area (Å²) in [6.45, 7) is 2.27. The molecule has 0 aromatic heterocycles. The van der Waals surface area contributed by atoms with Crippen LogP contribution in [0.25, 0.3) is 0 Å². The van der Waals surface area contributed by atoms with Crippen molar-refractivity contribution in [3.8, 4) is 0 Å². The molecule has 1 aliphatic carbocycles. The van der Waals surface area contributed by atoms with Crippen LogP contribution >= 0.6 is 11.6 Å². The standard InChI is InChI=1S/C11H15ClN2/c1-7-4-9(5-7)14-11-3-2-8(12)6-10(11)13/h2-3,6-7,9,14H,4-5,13H2,1H3. The van der Waals surface area contributed by atoms with Gasteiger partial charge in [0.05, 0.1) is 11.4 Å². The van der Waals surface area contributed by atoms with E-state index in [2.05, 4.69) is 12.2 Å². The summed E-state index contributed by atoms with van der Waals surface area (Å²) in [5, 5.41) is 4.11. The first kappa shape index (κ1) is 9.66. The molecular weight excluding hydrogens is 196 g/mol. The molecular formula is C11H15ClN2. The molecule has 1 aromatic rings. The van der Waals surface area contributed by atoms with Crippen LogP contribution in [-0.4, -0.2) is 6.04 Å². The molecule has 1 aromatic carbocycles. The minimum Gasteiger partial charge on any atom is -0.397 e. The summed E-state index contributed by atoms with van der Waals surface area (Å²) in [4.78, 5) is 0. The Labute approximate surface area is 89.4 Å². The first-order valence-electron chi connectivity index (χ1n) is 4.96. The van der Waals surface area contributed by atoms with E-state index >= 15 is 0 Å². The molecule has 0 aliphatic heterocycles. The topological polar surface area (TPSA) is 38.0 Å². The molecule has 1 aliphatic rings. The van der Waals surface area contributed by atoms with Gasteiger partial charge in [0.1, 0.15) is 0 Å². The Morgan fingerprint density at radius 3 is 2.71 bits per heavy atom. The molecule has 2 nitrogen and oxygen atoms in total. The second-order valence-corrected chi connectivity index (χ2v) is 4.59. The van der Waals surface area contributed by atoms with Crippen molar-refractivity contribution in [3.05, 3.63) is 23.2 Å². The van der Waals surface area contributed by atoms with Gasteiger partial charge < -0.3 is 11.1 Å². The van der Waals surface area contributed by atoms with Gasteiger partial charge in [0, 0.05) is 11.1 Å². The van der Waals surface area contributed by atoms with Gasteiger partial charge in [0.2, 0.25) is 0 Å². The van der Waals surface area contributed by atoms with Gasteiger partial charge >= 0.3 is 0 Å². The number of nitrogen functional groups attached to an aromatic ring is 1. The highest BCUT2D eigenvalue weighted by Crippen LogP contribution is 2.31. The molecule has 0 radical (unpaired) electrons. The van der Waals surface area contributed by atoms with Crippen LogP contribution < -0.4 is 11.1 Å². The van der Waals surface area contributed by atoms with Crippen molar-refractivity contribution in [2.24, 2.45) is 5.92 Å². The smallest absolute Gasteiger partial charge is 0.0577 e. The molecule has 0 heterocycles. The summed E-state index contributed by atoms with van der Waals surface area (Å²) in [5.41, 5.74) is 7.58. The molecule has 1 fully saturated rings. The predicted octanol–water partition coefficient (Wildman–Crippen LogP) is 3.13. The average molecular weight is 211 g/mol. The Morgan fingerprint density at radius 1 is 1.43 bits per heavy atom. The fourth-order valence-corrected chi connectivity index (χ4v) is 2.09. The van der Waals surface area contributed by atoms with Crippen molar-refractivity contribution in [1.82, 2.24) is 0 Å². The van der Waals surface area contributed by atoms with Gasteiger partial charge in [-0.3, -0.25) is 0 Å². The van der Waals surface area contributed by atoms with Gasteiger partial charge in [-0.2, -0.15) is 0 Å². The zero-order valence-corrected chi connectivity index (χ0v) is 9.01. The summed E-state index contributed by atoms with van der Waals surface area (Å²) in [6, 6.07) is 6.18.